The summed E-state index contributed by atoms with van der Waals surface area (Å²) >= 11 is 0. The van der Waals surface area contributed by atoms with E-state index in [9.17, 15) is 4.79 Å². The molecule has 2 amide bonds. The standard InChI is InChI=1S/C20H23N3O/c1-4-14(3)21-20(24)23-19-16-7-5-6-8-17(16)22-18(19)15-11-9-13(2)10-12-15/h5-12,14,22H,4H2,1-3H3,(H2,21,23,24). The molecule has 0 saturated heterocycles. The third-order valence-electron chi connectivity index (χ3n) is 4.27. The summed E-state index contributed by atoms with van der Waals surface area (Å²) in [6.07, 6.45) is 0.895. The fourth-order valence-corrected chi connectivity index (χ4v) is 2.68. The molecule has 0 saturated carbocycles. The van der Waals surface area contributed by atoms with Crippen molar-refractivity contribution in [2.24, 2.45) is 0 Å². The lowest BCUT2D eigenvalue weighted by molar-refractivity contribution is 0.249. The van der Waals surface area contributed by atoms with E-state index < -0.39 is 0 Å². The monoisotopic (exact) mass is 321 g/mol. The number of para-hydroxylation sites is 1. The molecule has 0 aliphatic carbocycles. The first-order valence-electron chi connectivity index (χ1n) is 8.33. The van der Waals surface area contributed by atoms with Gasteiger partial charge < -0.3 is 15.6 Å². The number of rotatable bonds is 4. The zero-order valence-corrected chi connectivity index (χ0v) is 14.3. The molecule has 3 rings (SSSR count). The summed E-state index contributed by atoms with van der Waals surface area (Å²) in [4.78, 5) is 15.8. The van der Waals surface area contributed by atoms with Crippen LogP contribution in [0.2, 0.25) is 0 Å². The van der Waals surface area contributed by atoms with Crippen LogP contribution in [0.3, 0.4) is 0 Å². The first kappa shape index (κ1) is 16.1. The Hall–Kier alpha value is -2.75. The second-order valence-electron chi connectivity index (χ2n) is 6.19. The van der Waals surface area contributed by atoms with Crippen LogP contribution < -0.4 is 10.6 Å². The van der Waals surface area contributed by atoms with Crippen LogP contribution in [0, 0.1) is 6.92 Å². The van der Waals surface area contributed by atoms with E-state index in [4.69, 9.17) is 0 Å². The minimum atomic E-state index is -0.178. The van der Waals surface area contributed by atoms with Crippen molar-refractivity contribution >= 4 is 22.6 Å². The number of benzene rings is 2. The second-order valence-corrected chi connectivity index (χ2v) is 6.19. The van der Waals surface area contributed by atoms with Gasteiger partial charge >= 0.3 is 6.03 Å². The Labute approximate surface area is 142 Å². The third-order valence-corrected chi connectivity index (χ3v) is 4.27. The van der Waals surface area contributed by atoms with Crippen molar-refractivity contribution in [3.05, 3.63) is 54.1 Å². The molecule has 0 spiro atoms. The molecule has 1 atom stereocenters. The number of urea groups is 1. The number of H-pyrrole nitrogens is 1. The molecule has 0 fully saturated rings. The van der Waals surface area contributed by atoms with E-state index in [1.807, 2.05) is 38.1 Å². The van der Waals surface area contributed by atoms with Gasteiger partial charge in [-0.15, -0.1) is 0 Å². The lowest BCUT2D eigenvalue weighted by atomic mass is 10.1. The van der Waals surface area contributed by atoms with Gasteiger partial charge in [0, 0.05) is 22.5 Å². The summed E-state index contributed by atoms with van der Waals surface area (Å²) in [5.74, 6) is 0. The molecule has 0 aliphatic rings. The molecule has 4 nitrogen and oxygen atoms in total. The fraction of sp³-hybridized carbons (Fsp3) is 0.250. The van der Waals surface area contributed by atoms with Gasteiger partial charge in [-0.1, -0.05) is 55.0 Å². The van der Waals surface area contributed by atoms with Crippen LogP contribution in [0.4, 0.5) is 10.5 Å². The molecule has 3 aromatic rings. The number of anilines is 1. The lowest BCUT2D eigenvalue weighted by Crippen LogP contribution is -2.35. The Bertz CT molecular complexity index is 849. The molecule has 0 aliphatic heterocycles. The maximum Gasteiger partial charge on any atom is 0.319 e. The Kier molecular flexibility index (Phi) is 4.56. The normalized spacial score (nSPS) is 12.1. The van der Waals surface area contributed by atoms with Gasteiger partial charge in [-0.2, -0.15) is 0 Å². The van der Waals surface area contributed by atoms with Gasteiger partial charge in [-0.3, -0.25) is 0 Å². The van der Waals surface area contributed by atoms with Crippen molar-refractivity contribution in [3.63, 3.8) is 0 Å². The van der Waals surface area contributed by atoms with E-state index in [0.29, 0.717) is 0 Å². The number of hydrogen-bond acceptors (Lipinski definition) is 1. The number of carbonyl (C=O) groups excluding carboxylic acids is 1. The number of nitrogens with one attached hydrogen (secondary N) is 3. The molecular weight excluding hydrogens is 298 g/mol. The van der Waals surface area contributed by atoms with Gasteiger partial charge in [0.25, 0.3) is 0 Å². The molecule has 2 aromatic carbocycles. The summed E-state index contributed by atoms with van der Waals surface area (Å²) in [6.45, 7) is 6.11. The Balaban J connectivity index is 2.02. The van der Waals surface area contributed by atoms with Crippen LogP contribution in [0.5, 0.6) is 0 Å². The van der Waals surface area contributed by atoms with Crippen molar-refractivity contribution < 1.29 is 4.79 Å². The topological polar surface area (TPSA) is 56.9 Å². The van der Waals surface area contributed by atoms with Crippen molar-refractivity contribution in [2.75, 3.05) is 5.32 Å². The smallest absolute Gasteiger partial charge is 0.319 e. The van der Waals surface area contributed by atoms with Crippen molar-refractivity contribution in [3.8, 4) is 11.3 Å². The van der Waals surface area contributed by atoms with Crippen LogP contribution in [0.25, 0.3) is 22.2 Å². The largest absolute Gasteiger partial charge is 0.353 e. The minimum absolute atomic E-state index is 0.137. The number of hydrogen-bond donors (Lipinski definition) is 3. The fourth-order valence-electron chi connectivity index (χ4n) is 2.68. The van der Waals surface area contributed by atoms with Crippen LogP contribution in [0.1, 0.15) is 25.8 Å². The summed E-state index contributed by atoms with van der Waals surface area (Å²) in [5.41, 5.74) is 5.01. The van der Waals surface area contributed by atoms with Crippen LogP contribution in [-0.4, -0.2) is 17.1 Å². The first-order valence-corrected chi connectivity index (χ1v) is 8.33. The molecule has 1 aromatic heterocycles. The predicted molar refractivity (Wildman–Crippen MR) is 100 cm³/mol. The zero-order valence-electron chi connectivity index (χ0n) is 14.3. The molecule has 24 heavy (non-hydrogen) atoms. The highest BCUT2D eigenvalue weighted by Crippen LogP contribution is 2.35. The molecular formula is C20H23N3O. The summed E-state index contributed by atoms with van der Waals surface area (Å²) in [5, 5.41) is 6.99. The molecule has 0 bridgehead atoms. The van der Waals surface area contributed by atoms with Gasteiger partial charge in [-0.25, -0.2) is 4.79 Å². The SMILES string of the molecule is CCC(C)NC(=O)Nc1c(-c2ccc(C)cc2)[nH]c2ccccc12. The lowest BCUT2D eigenvalue weighted by Gasteiger charge is -2.13. The number of aryl methyl sites for hydroxylation is 1. The minimum Gasteiger partial charge on any atom is -0.353 e. The van der Waals surface area contributed by atoms with Crippen molar-refractivity contribution in [1.82, 2.24) is 10.3 Å². The third kappa shape index (κ3) is 3.27. The van der Waals surface area contributed by atoms with E-state index in [-0.39, 0.29) is 12.1 Å². The Morgan fingerprint density at radius 3 is 2.54 bits per heavy atom. The molecule has 3 N–H and O–H groups in total. The summed E-state index contributed by atoms with van der Waals surface area (Å²) in [6, 6.07) is 16.2. The molecule has 124 valence electrons. The maximum absolute atomic E-state index is 12.3. The highest BCUT2D eigenvalue weighted by atomic mass is 16.2. The van der Waals surface area contributed by atoms with Crippen molar-refractivity contribution in [2.45, 2.75) is 33.2 Å². The molecule has 1 unspecified atom stereocenters. The highest BCUT2D eigenvalue weighted by Gasteiger charge is 2.16. The van der Waals surface area contributed by atoms with Crippen LogP contribution >= 0.6 is 0 Å². The Morgan fingerprint density at radius 2 is 1.83 bits per heavy atom. The Morgan fingerprint density at radius 1 is 1.12 bits per heavy atom. The van der Waals surface area contributed by atoms with Crippen LogP contribution in [-0.2, 0) is 0 Å². The first-order chi connectivity index (χ1) is 11.6. The second kappa shape index (κ2) is 6.79. The average Bonchev–Trinajstić information content (AvgIpc) is 2.94. The van der Waals surface area contributed by atoms with E-state index >= 15 is 0 Å². The van der Waals surface area contributed by atoms with Gasteiger partial charge in [0.15, 0.2) is 0 Å². The predicted octanol–water partition coefficient (Wildman–Crippen LogP) is 5.06. The molecule has 1 heterocycles. The maximum atomic E-state index is 12.3. The molecule has 0 radical (unpaired) electrons. The van der Waals surface area contributed by atoms with Crippen LogP contribution in [0.15, 0.2) is 48.5 Å². The molecule has 4 heteroatoms. The average molecular weight is 321 g/mol. The van der Waals surface area contributed by atoms with Gasteiger partial charge in [0.1, 0.15) is 0 Å². The highest BCUT2D eigenvalue weighted by molar-refractivity contribution is 6.07. The number of aromatic amines is 1. The number of amides is 2. The van der Waals surface area contributed by atoms with E-state index in [1.165, 1.54) is 5.56 Å². The van der Waals surface area contributed by atoms with E-state index in [2.05, 4.69) is 46.8 Å². The number of carbonyl (C=O) groups is 1. The summed E-state index contributed by atoms with van der Waals surface area (Å²) in [7, 11) is 0. The van der Waals surface area contributed by atoms with Gasteiger partial charge in [-0.05, 0) is 26.3 Å². The quantitative estimate of drug-likeness (QED) is 0.618. The van der Waals surface area contributed by atoms with Gasteiger partial charge in [0.2, 0.25) is 0 Å². The number of aromatic nitrogens is 1. The van der Waals surface area contributed by atoms with E-state index in [0.717, 1.165) is 34.3 Å². The zero-order chi connectivity index (χ0) is 17.1. The number of fused-ring (bicyclic) bond motifs is 1. The van der Waals surface area contributed by atoms with E-state index in [1.54, 1.807) is 0 Å². The summed E-state index contributed by atoms with van der Waals surface area (Å²) < 4.78 is 0. The van der Waals surface area contributed by atoms with Crippen molar-refractivity contribution in [1.29, 1.82) is 0 Å². The van der Waals surface area contributed by atoms with Gasteiger partial charge in [0.05, 0.1) is 11.4 Å².